The van der Waals surface area contributed by atoms with Gasteiger partial charge in [-0.05, 0) is 18.2 Å². The fourth-order valence-electron chi connectivity index (χ4n) is 1.70. The van der Waals surface area contributed by atoms with E-state index in [9.17, 15) is 9.18 Å². The molecule has 1 fully saturated rings. The molecule has 1 aromatic heterocycles. The maximum atomic E-state index is 13.1. The molecule has 0 saturated carbocycles. The van der Waals surface area contributed by atoms with Crippen molar-refractivity contribution in [2.45, 2.75) is 12.6 Å². The molecule has 0 aliphatic carbocycles. The molecule has 0 bridgehead atoms. The number of ether oxygens (including phenoxy) is 1. The predicted molar refractivity (Wildman–Crippen MR) is 55.7 cm³/mol. The first-order valence-electron chi connectivity index (χ1n) is 5.01. The van der Waals surface area contributed by atoms with Gasteiger partial charge in [-0.1, -0.05) is 0 Å². The molecule has 5 heteroatoms. The fraction of sp³-hybridized carbons (Fsp3) is 0.273. The van der Waals surface area contributed by atoms with E-state index in [1.54, 1.807) is 6.07 Å². The van der Waals surface area contributed by atoms with Gasteiger partial charge in [-0.25, -0.2) is 9.37 Å². The van der Waals surface area contributed by atoms with Crippen LogP contribution in [-0.4, -0.2) is 22.3 Å². The van der Waals surface area contributed by atoms with Crippen LogP contribution in [0.15, 0.2) is 29.2 Å². The zero-order chi connectivity index (χ0) is 11.1. The summed E-state index contributed by atoms with van der Waals surface area (Å²) < 4.78 is 19.7. The minimum atomic E-state index is -0.370. The third kappa shape index (κ3) is 1.59. The summed E-state index contributed by atoms with van der Waals surface area (Å²) in [4.78, 5) is 15.6. The van der Waals surface area contributed by atoms with Gasteiger partial charge in [0.25, 0.3) is 5.56 Å². The van der Waals surface area contributed by atoms with Gasteiger partial charge in [0.2, 0.25) is 0 Å². The van der Waals surface area contributed by atoms with Crippen molar-refractivity contribution in [3.05, 3.63) is 40.6 Å². The van der Waals surface area contributed by atoms with Crippen LogP contribution < -0.4 is 5.56 Å². The van der Waals surface area contributed by atoms with E-state index >= 15 is 0 Å². The minimum absolute atomic E-state index is 0.0755. The molecule has 1 unspecified atom stereocenters. The average Bonchev–Trinajstić information content (AvgIpc) is 3.06. The van der Waals surface area contributed by atoms with Crippen molar-refractivity contribution in [3.63, 3.8) is 0 Å². The van der Waals surface area contributed by atoms with E-state index in [2.05, 4.69) is 4.98 Å². The van der Waals surface area contributed by atoms with Gasteiger partial charge in [-0.3, -0.25) is 4.79 Å². The van der Waals surface area contributed by atoms with E-state index in [0.29, 0.717) is 24.2 Å². The van der Waals surface area contributed by atoms with Gasteiger partial charge in [0.15, 0.2) is 0 Å². The van der Waals surface area contributed by atoms with E-state index in [0.717, 1.165) is 0 Å². The molecule has 2 heterocycles. The second-order valence-corrected chi connectivity index (χ2v) is 3.80. The molecule has 0 spiro atoms. The monoisotopic (exact) mass is 220 g/mol. The van der Waals surface area contributed by atoms with Gasteiger partial charge in [0.05, 0.1) is 36.5 Å². The Balaban J connectivity index is 2.24. The van der Waals surface area contributed by atoms with Crippen LogP contribution >= 0.6 is 0 Å². The lowest BCUT2D eigenvalue weighted by molar-refractivity contribution is 0.383. The molecule has 0 N–H and O–H groups in total. The van der Waals surface area contributed by atoms with Crippen molar-refractivity contribution >= 4 is 11.0 Å². The number of aromatic nitrogens is 2. The Kier molecular flexibility index (Phi) is 2.00. The number of rotatable bonds is 2. The summed E-state index contributed by atoms with van der Waals surface area (Å²) in [6, 6.07) is 4.22. The number of hydrogen-bond acceptors (Lipinski definition) is 3. The summed E-state index contributed by atoms with van der Waals surface area (Å²) in [6.07, 6.45) is 1.33. The summed E-state index contributed by atoms with van der Waals surface area (Å²) in [7, 11) is 0. The first kappa shape index (κ1) is 9.47. The molecule has 1 aliphatic heterocycles. The maximum absolute atomic E-state index is 13.1. The molecule has 16 heavy (non-hydrogen) atoms. The highest BCUT2D eigenvalue weighted by molar-refractivity contribution is 5.74. The lowest BCUT2D eigenvalue weighted by Crippen LogP contribution is -2.22. The Morgan fingerprint density at radius 2 is 2.38 bits per heavy atom. The second kappa shape index (κ2) is 3.38. The van der Waals surface area contributed by atoms with Crippen molar-refractivity contribution in [2.75, 3.05) is 6.61 Å². The molecule has 1 aromatic carbocycles. The van der Waals surface area contributed by atoms with Gasteiger partial charge >= 0.3 is 0 Å². The third-order valence-electron chi connectivity index (χ3n) is 2.60. The van der Waals surface area contributed by atoms with E-state index in [-0.39, 0.29) is 17.5 Å². The lowest BCUT2D eigenvalue weighted by atomic mass is 10.3. The Labute approximate surface area is 90.3 Å². The zero-order valence-corrected chi connectivity index (χ0v) is 8.39. The largest absolute Gasteiger partial charge is 0.371 e. The van der Waals surface area contributed by atoms with Crippen LogP contribution in [0.3, 0.4) is 0 Å². The first-order valence-corrected chi connectivity index (χ1v) is 5.01. The molecule has 1 atom stereocenters. The number of nitrogens with zero attached hydrogens (tertiary/aromatic N) is 2. The van der Waals surface area contributed by atoms with Crippen LogP contribution in [0.2, 0.25) is 0 Å². The van der Waals surface area contributed by atoms with Crippen LogP contribution in [0.4, 0.5) is 4.39 Å². The van der Waals surface area contributed by atoms with Crippen LogP contribution in [0, 0.1) is 5.82 Å². The number of fused-ring (bicyclic) bond motifs is 1. The Hall–Kier alpha value is -1.75. The van der Waals surface area contributed by atoms with Crippen LogP contribution in [0.1, 0.15) is 0 Å². The maximum Gasteiger partial charge on any atom is 0.269 e. The SMILES string of the molecule is O=c1cnc2ccc(F)cc2n1CC1CO1. The number of hydrogen-bond donors (Lipinski definition) is 0. The Bertz CT molecular complexity index is 604. The molecule has 2 aromatic rings. The highest BCUT2D eigenvalue weighted by atomic mass is 19.1. The van der Waals surface area contributed by atoms with E-state index in [1.165, 1.54) is 22.9 Å². The smallest absolute Gasteiger partial charge is 0.269 e. The lowest BCUT2D eigenvalue weighted by Gasteiger charge is -2.07. The normalized spacial score (nSPS) is 18.9. The van der Waals surface area contributed by atoms with Crippen molar-refractivity contribution in [1.82, 2.24) is 9.55 Å². The van der Waals surface area contributed by atoms with Gasteiger partial charge in [-0.2, -0.15) is 0 Å². The quantitative estimate of drug-likeness (QED) is 0.707. The standard InChI is InChI=1S/C11H9FN2O2/c12-7-1-2-9-10(3-7)14(5-8-6-16-8)11(15)4-13-9/h1-4,8H,5-6H2. The highest BCUT2D eigenvalue weighted by Gasteiger charge is 2.24. The zero-order valence-electron chi connectivity index (χ0n) is 8.39. The molecular weight excluding hydrogens is 211 g/mol. The first-order chi connectivity index (χ1) is 7.74. The Morgan fingerprint density at radius 1 is 1.56 bits per heavy atom. The van der Waals surface area contributed by atoms with Crippen molar-refractivity contribution in [1.29, 1.82) is 0 Å². The van der Waals surface area contributed by atoms with E-state index in [1.807, 2.05) is 0 Å². The molecule has 4 nitrogen and oxygen atoms in total. The molecule has 3 rings (SSSR count). The van der Waals surface area contributed by atoms with Crippen molar-refractivity contribution in [2.24, 2.45) is 0 Å². The number of epoxide rings is 1. The summed E-state index contributed by atoms with van der Waals surface area (Å²) >= 11 is 0. The third-order valence-corrected chi connectivity index (χ3v) is 2.60. The van der Waals surface area contributed by atoms with Crippen molar-refractivity contribution in [3.8, 4) is 0 Å². The molecule has 82 valence electrons. The topological polar surface area (TPSA) is 47.4 Å². The van der Waals surface area contributed by atoms with Gasteiger partial charge < -0.3 is 9.30 Å². The molecule has 0 amide bonds. The van der Waals surface area contributed by atoms with Crippen molar-refractivity contribution < 1.29 is 9.13 Å². The van der Waals surface area contributed by atoms with Gasteiger partial charge in [0, 0.05) is 0 Å². The summed E-state index contributed by atoms with van der Waals surface area (Å²) in [5.41, 5.74) is 0.901. The van der Waals surface area contributed by atoms with Crippen LogP contribution in [0.5, 0.6) is 0 Å². The number of halogens is 1. The second-order valence-electron chi connectivity index (χ2n) is 3.80. The van der Waals surface area contributed by atoms with Crippen LogP contribution in [-0.2, 0) is 11.3 Å². The Morgan fingerprint density at radius 3 is 3.12 bits per heavy atom. The predicted octanol–water partition coefficient (Wildman–Crippen LogP) is 0.934. The summed E-state index contributed by atoms with van der Waals surface area (Å²) in [5, 5.41) is 0. The van der Waals surface area contributed by atoms with Crippen LogP contribution in [0.25, 0.3) is 11.0 Å². The number of benzene rings is 1. The van der Waals surface area contributed by atoms with Gasteiger partial charge in [-0.15, -0.1) is 0 Å². The highest BCUT2D eigenvalue weighted by Crippen LogP contribution is 2.15. The molecule has 1 saturated heterocycles. The molecular formula is C11H9FN2O2. The minimum Gasteiger partial charge on any atom is -0.371 e. The van der Waals surface area contributed by atoms with Gasteiger partial charge in [0.1, 0.15) is 5.82 Å². The molecule has 1 aliphatic rings. The fourth-order valence-corrected chi connectivity index (χ4v) is 1.70. The van der Waals surface area contributed by atoms with E-state index < -0.39 is 0 Å². The summed E-state index contributed by atoms with van der Waals surface area (Å²) in [5.74, 6) is -0.370. The summed E-state index contributed by atoms with van der Waals surface area (Å²) in [6.45, 7) is 1.12. The average molecular weight is 220 g/mol. The van der Waals surface area contributed by atoms with E-state index in [4.69, 9.17) is 4.74 Å². The molecule has 0 radical (unpaired) electrons.